The van der Waals surface area contributed by atoms with Crippen molar-refractivity contribution in [2.24, 2.45) is 0 Å². The summed E-state index contributed by atoms with van der Waals surface area (Å²) in [6, 6.07) is 11.7. The smallest absolute Gasteiger partial charge is 0.0995 e. The van der Waals surface area contributed by atoms with Crippen molar-refractivity contribution in [3.8, 4) is 6.07 Å². The monoisotopic (exact) mass is 212 g/mol. The molecule has 0 bridgehead atoms. The Morgan fingerprint density at radius 2 is 2.12 bits per heavy atom. The van der Waals surface area contributed by atoms with Crippen molar-refractivity contribution < 1.29 is 0 Å². The predicted molar refractivity (Wildman–Crippen MR) is 60.3 cm³/mol. The zero-order valence-electron chi connectivity index (χ0n) is 8.77. The van der Waals surface area contributed by atoms with E-state index in [2.05, 4.69) is 21.6 Å². The van der Waals surface area contributed by atoms with Crippen LogP contribution in [0.3, 0.4) is 0 Å². The van der Waals surface area contributed by atoms with Crippen LogP contribution >= 0.6 is 0 Å². The molecular weight excluding hydrogens is 200 g/mol. The van der Waals surface area contributed by atoms with Crippen molar-refractivity contribution in [2.45, 2.75) is 13.1 Å². The van der Waals surface area contributed by atoms with Gasteiger partial charge in [0.15, 0.2) is 0 Å². The number of aromatic nitrogens is 2. The van der Waals surface area contributed by atoms with Crippen LogP contribution in [0, 0.1) is 11.3 Å². The maximum atomic E-state index is 8.91. The quantitative estimate of drug-likeness (QED) is 0.808. The number of rotatable bonds is 4. The second kappa shape index (κ2) is 5.10. The molecule has 4 heteroatoms. The summed E-state index contributed by atoms with van der Waals surface area (Å²) in [4.78, 5) is 0. The Labute approximate surface area is 93.9 Å². The number of benzene rings is 1. The van der Waals surface area contributed by atoms with Gasteiger partial charge in [-0.1, -0.05) is 18.2 Å². The summed E-state index contributed by atoms with van der Waals surface area (Å²) < 4.78 is 0. The molecule has 1 aromatic heterocycles. The summed E-state index contributed by atoms with van der Waals surface area (Å²) in [5, 5.41) is 18.9. The molecule has 80 valence electrons. The maximum Gasteiger partial charge on any atom is 0.0995 e. The summed E-state index contributed by atoms with van der Waals surface area (Å²) in [7, 11) is 0. The van der Waals surface area contributed by atoms with Gasteiger partial charge in [0.25, 0.3) is 0 Å². The van der Waals surface area contributed by atoms with Gasteiger partial charge in [0.2, 0.25) is 0 Å². The Morgan fingerprint density at radius 1 is 1.25 bits per heavy atom. The fourth-order valence-electron chi connectivity index (χ4n) is 1.50. The lowest BCUT2D eigenvalue weighted by Gasteiger charge is -2.04. The van der Waals surface area contributed by atoms with E-state index in [1.165, 1.54) is 0 Å². The lowest BCUT2D eigenvalue weighted by atomic mass is 10.1. The molecular formula is C12H12N4. The molecule has 1 heterocycles. The molecule has 0 amide bonds. The highest BCUT2D eigenvalue weighted by molar-refractivity contribution is 5.37. The van der Waals surface area contributed by atoms with Gasteiger partial charge >= 0.3 is 0 Å². The largest absolute Gasteiger partial charge is 0.307 e. The van der Waals surface area contributed by atoms with Crippen LogP contribution in [0.5, 0.6) is 0 Å². The summed E-state index contributed by atoms with van der Waals surface area (Å²) in [6.45, 7) is 1.41. The molecule has 0 spiro atoms. The molecule has 16 heavy (non-hydrogen) atoms. The molecule has 0 radical (unpaired) electrons. The van der Waals surface area contributed by atoms with Crippen molar-refractivity contribution in [3.63, 3.8) is 0 Å². The Morgan fingerprint density at radius 3 is 2.88 bits per heavy atom. The number of hydrogen-bond donors (Lipinski definition) is 2. The third kappa shape index (κ3) is 2.47. The molecule has 2 N–H and O–H groups in total. The lowest BCUT2D eigenvalue weighted by Crippen LogP contribution is -2.13. The number of hydrogen-bond acceptors (Lipinski definition) is 3. The van der Waals surface area contributed by atoms with Crippen LogP contribution in [0.1, 0.15) is 16.8 Å². The number of aromatic amines is 1. The normalized spacial score (nSPS) is 9.94. The minimum atomic E-state index is 0.683. The number of nitrogens with one attached hydrogen (secondary N) is 2. The van der Waals surface area contributed by atoms with Gasteiger partial charge in [-0.15, -0.1) is 0 Å². The van der Waals surface area contributed by atoms with Gasteiger partial charge in [0.1, 0.15) is 0 Å². The molecule has 0 unspecified atom stereocenters. The van der Waals surface area contributed by atoms with Gasteiger partial charge in [-0.25, -0.2) is 0 Å². The van der Waals surface area contributed by atoms with Crippen molar-refractivity contribution >= 4 is 0 Å². The van der Waals surface area contributed by atoms with E-state index in [4.69, 9.17) is 5.26 Å². The van der Waals surface area contributed by atoms with Crippen molar-refractivity contribution in [1.82, 2.24) is 15.5 Å². The first-order valence-electron chi connectivity index (χ1n) is 5.07. The average molecular weight is 212 g/mol. The molecule has 0 aliphatic heterocycles. The lowest BCUT2D eigenvalue weighted by molar-refractivity contribution is 0.676. The zero-order valence-corrected chi connectivity index (χ0v) is 8.77. The van der Waals surface area contributed by atoms with E-state index in [1.54, 1.807) is 6.20 Å². The number of nitrogens with zero attached hydrogens (tertiary/aromatic N) is 2. The third-order valence-electron chi connectivity index (χ3n) is 2.33. The molecule has 0 fully saturated rings. The van der Waals surface area contributed by atoms with Crippen molar-refractivity contribution in [3.05, 3.63) is 53.3 Å². The van der Waals surface area contributed by atoms with E-state index in [0.717, 1.165) is 23.4 Å². The highest BCUT2D eigenvalue weighted by atomic mass is 15.1. The van der Waals surface area contributed by atoms with E-state index in [-0.39, 0.29) is 0 Å². The molecule has 1 aromatic carbocycles. The van der Waals surface area contributed by atoms with Crippen LogP contribution in [0.15, 0.2) is 36.5 Å². The highest BCUT2D eigenvalue weighted by Crippen LogP contribution is 2.06. The van der Waals surface area contributed by atoms with E-state index >= 15 is 0 Å². The summed E-state index contributed by atoms with van der Waals surface area (Å²) in [5.41, 5.74) is 2.78. The number of nitriles is 1. The van der Waals surface area contributed by atoms with E-state index in [9.17, 15) is 0 Å². The van der Waals surface area contributed by atoms with E-state index in [0.29, 0.717) is 6.54 Å². The fraction of sp³-hybridized carbons (Fsp3) is 0.167. The Hall–Kier alpha value is -2.12. The van der Waals surface area contributed by atoms with E-state index < -0.39 is 0 Å². The van der Waals surface area contributed by atoms with Crippen LogP contribution in [0.4, 0.5) is 0 Å². The van der Waals surface area contributed by atoms with Crippen LogP contribution in [0.2, 0.25) is 0 Å². The standard InChI is InChI=1S/C12H12N4/c13-7-10-3-1-2-4-11(10)8-14-9-12-5-6-15-16-12/h1-6,14H,8-9H2,(H,15,16). The predicted octanol–water partition coefficient (Wildman–Crippen LogP) is 1.57. The average Bonchev–Trinajstić information content (AvgIpc) is 2.83. The van der Waals surface area contributed by atoms with Gasteiger partial charge in [0.05, 0.1) is 11.6 Å². The topological polar surface area (TPSA) is 64.5 Å². The second-order valence-electron chi connectivity index (χ2n) is 3.45. The Kier molecular flexibility index (Phi) is 3.31. The van der Waals surface area contributed by atoms with Gasteiger partial charge in [0, 0.05) is 25.0 Å². The fourth-order valence-corrected chi connectivity index (χ4v) is 1.50. The SMILES string of the molecule is N#Cc1ccccc1CNCc1ccn[nH]1. The number of H-pyrrole nitrogens is 1. The van der Waals surface area contributed by atoms with Gasteiger partial charge in [-0.3, -0.25) is 5.10 Å². The highest BCUT2D eigenvalue weighted by Gasteiger charge is 2.00. The molecule has 0 aliphatic carbocycles. The van der Waals surface area contributed by atoms with Crippen LogP contribution in [-0.4, -0.2) is 10.2 Å². The molecule has 2 aromatic rings. The summed E-state index contributed by atoms with van der Waals surface area (Å²) >= 11 is 0. The van der Waals surface area contributed by atoms with Crippen LogP contribution in [0.25, 0.3) is 0 Å². The van der Waals surface area contributed by atoms with Crippen molar-refractivity contribution in [1.29, 1.82) is 5.26 Å². The molecule has 2 rings (SSSR count). The second-order valence-corrected chi connectivity index (χ2v) is 3.45. The molecule has 0 atom stereocenters. The first-order chi connectivity index (χ1) is 7.90. The molecule has 0 aliphatic rings. The van der Waals surface area contributed by atoms with Gasteiger partial charge < -0.3 is 5.32 Å². The Bertz CT molecular complexity index is 482. The third-order valence-corrected chi connectivity index (χ3v) is 2.33. The zero-order chi connectivity index (χ0) is 11.2. The summed E-state index contributed by atoms with van der Waals surface area (Å²) in [5.74, 6) is 0. The Balaban J connectivity index is 1.93. The minimum Gasteiger partial charge on any atom is -0.307 e. The van der Waals surface area contributed by atoms with Crippen LogP contribution in [-0.2, 0) is 13.1 Å². The molecule has 4 nitrogen and oxygen atoms in total. The van der Waals surface area contributed by atoms with E-state index in [1.807, 2.05) is 30.3 Å². The van der Waals surface area contributed by atoms with Gasteiger partial charge in [-0.05, 0) is 17.7 Å². The summed E-state index contributed by atoms with van der Waals surface area (Å²) in [6.07, 6.45) is 1.72. The molecule has 0 saturated carbocycles. The molecule has 0 saturated heterocycles. The first kappa shape index (κ1) is 10.4. The van der Waals surface area contributed by atoms with Crippen molar-refractivity contribution in [2.75, 3.05) is 0 Å². The minimum absolute atomic E-state index is 0.683. The van der Waals surface area contributed by atoms with Gasteiger partial charge in [-0.2, -0.15) is 10.4 Å². The van der Waals surface area contributed by atoms with Crippen LogP contribution < -0.4 is 5.32 Å². The first-order valence-corrected chi connectivity index (χ1v) is 5.07. The maximum absolute atomic E-state index is 8.91.